The molecule has 1 aliphatic carbocycles. The molecule has 18 heavy (non-hydrogen) atoms. The Labute approximate surface area is 108 Å². The van der Waals surface area contributed by atoms with Gasteiger partial charge in [-0.2, -0.15) is 0 Å². The van der Waals surface area contributed by atoms with Crippen LogP contribution in [0.2, 0.25) is 0 Å². The number of carbonyl (C=O) groups excluding carboxylic acids is 1. The minimum Gasteiger partial charge on any atom is -0.426 e. The Morgan fingerprint density at radius 3 is 2.39 bits per heavy atom. The van der Waals surface area contributed by atoms with E-state index in [0.717, 1.165) is 25.7 Å². The molecule has 2 N–H and O–H groups in total. The number of hydrogen-bond acceptors (Lipinski definition) is 3. The van der Waals surface area contributed by atoms with Gasteiger partial charge in [0.15, 0.2) is 0 Å². The molecule has 0 heterocycles. The third-order valence-corrected chi connectivity index (χ3v) is 3.98. The van der Waals surface area contributed by atoms with E-state index in [0.29, 0.717) is 5.75 Å². The molecule has 0 radical (unpaired) electrons. The highest BCUT2D eigenvalue weighted by Gasteiger charge is 2.44. The predicted octanol–water partition coefficient (Wildman–Crippen LogP) is 2.89. The second-order valence-corrected chi connectivity index (χ2v) is 5.21. The lowest BCUT2D eigenvalue weighted by Crippen LogP contribution is -2.49. The summed E-state index contributed by atoms with van der Waals surface area (Å²) < 4.78 is 5.50. The summed E-state index contributed by atoms with van der Waals surface area (Å²) in [5, 5.41) is 0. The molecule has 1 aromatic carbocycles. The zero-order valence-corrected chi connectivity index (χ0v) is 10.9. The molecular formula is C15H21NO2. The number of carbonyl (C=O) groups is 1. The number of para-hydroxylation sites is 1. The molecule has 0 aliphatic heterocycles. The Hall–Kier alpha value is -1.35. The summed E-state index contributed by atoms with van der Waals surface area (Å²) >= 11 is 0. The van der Waals surface area contributed by atoms with Gasteiger partial charge in [-0.05, 0) is 31.9 Å². The first-order chi connectivity index (χ1) is 8.65. The molecule has 1 unspecified atom stereocenters. The van der Waals surface area contributed by atoms with Crippen LogP contribution in [0.3, 0.4) is 0 Å². The Kier molecular flexibility index (Phi) is 4.02. The van der Waals surface area contributed by atoms with Gasteiger partial charge < -0.3 is 10.5 Å². The zero-order chi connectivity index (χ0) is 13.0. The van der Waals surface area contributed by atoms with Crippen LogP contribution in [0.15, 0.2) is 30.3 Å². The molecule has 1 aromatic rings. The Bertz CT molecular complexity index is 394. The molecule has 0 saturated heterocycles. The van der Waals surface area contributed by atoms with Crippen molar-refractivity contribution in [3.8, 4) is 5.75 Å². The van der Waals surface area contributed by atoms with Gasteiger partial charge in [0.25, 0.3) is 0 Å². The van der Waals surface area contributed by atoms with E-state index in [-0.39, 0.29) is 12.0 Å². The fraction of sp³-hybridized carbons (Fsp3) is 0.533. The molecular weight excluding hydrogens is 226 g/mol. The van der Waals surface area contributed by atoms with Gasteiger partial charge in [-0.25, -0.2) is 0 Å². The highest BCUT2D eigenvalue weighted by Crippen LogP contribution is 2.39. The van der Waals surface area contributed by atoms with E-state index in [9.17, 15) is 4.79 Å². The summed E-state index contributed by atoms with van der Waals surface area (Å²) in [4.78, 5) is 12.4. The van der Waals surface area contributed by atoms with Gasteiger partial charge in [-0.1, -0.05) is 37.5 Å². The van der Waals surface area contributed by atoms with E-state index in [1.165, 1.54) is 6.42 Å². The minimum absolute atomic E-state index is 0.158. The number of ether oxygens (including phenoxy) is 1. The fourth-order valence-electron chi connectivity index (χ4n) is 2.73. The molecule has 0 spiro atoms. The fourth-order valence-corrected chi connectivity index (χ4v) is 2.73. The summed E-state index contributed by atoms with van der Waals surface area (Å²) in [7, 11) is 0. The molecule has 2 rings (SSSR count). The van der Waals surface area contributed by atoms with Crippen molar-refractivity contribution in [2.24, 2.45) is 11.1 Å². The maximum Gasteiger partial charge on any atom is 0.319 e. The van der Waals surface area contributed by atoms with Crippen molar-refractivity contribution in [1.29, 1.82) is 0 Å². The predicted molar refractivity (Wildman–Crippen MR) is 71.2 cm³/mol. The van der Waals surface area contributed by atoms with E-state index >= 15 is 0 Å². The molecule has 0 aromatic heterocycles. The van der Waals surface area contributed by atoms with Crippen molar-refractivity contribution in [2.75, 3.05) is 0 Å². The summed E-state index contributed by atoms with van der Waals surface area (Å²) in [6.45, 7) is 1.91. The SMILES string of the molecule is CC(N)C1(C(=O)Oc2ccccc2)CCCCC1. The van der Waals surface area contributed by atoms with Crippen LogP contribution < -0.4 is 10.5 Å². The van der Waals surface area contributed by atoms with Gasteiger partial charge in [0.1, 0.15) is 5.75 Å². The number of nitrogens with two attached hydrogens (primary N) is 1. The minimum atomic E-state index is -0.492. The summed E-state index contributed by atoms with van der Waals surface area (Å²) in [5.74, 6) is 0.441. The molecule has 1 aliphatic rings. The van der Waals surface area contributed by atoms with Crippen molar-refractivity contribution in [1.82, 2.24) is 0 Å². The monoisotopic (exact) mass is 247 g/mol. The molecule has 3 nitrogen and oxygen atoms in total. The highest BCUT2D eigenvalue weighted by molar-refractivity contribution is 5.80. The Balaban J connectivity index is 2.14. The van der Waals surface area contributed by atoms with Crippen LogP contribution in [0.5, 0.6) is 5.75 Å². The highest BCUT2D eigenvalue weighted by atomic mass is 16.5. The molecule has 0 amide bonds. The lowest BCUT2D eigenvalue weighted by molar-refractivity contribution is -0.149. The van der Waals surface area contributed by atoms with E-state index in [1.807, 2.05) is 25.1 Å². The Morgan fingerprint density at radius 2 is 1.83 bits per heavy atom. The van der Waals surface area contributed by atoms with Crippen molar-refractivity contribution in [3.05, 3.63) is 30.3 Å². The van der Waals surface area contributed by atoms with Crippen LogP contribution >= 0.6 is 0 Å². The van der Waals surface area contributed by atoms with Crippen LogP contribution in [0.4, 0.5) is 0 Å². The first kappa shape index (κ1) is 13.1. The van der Waals surface area contributed by atoms with Crippen LogP contribution in [-0.4, -0.2) is 12.0 Å². The van der Waals surface area contributed by atoms with E-state index < -0.39 is 5.41 Å². The topological polar surface area (TPSA) is 52.3 Å². The van der Waals surface area contributed by atoms with Gasteiger partial charge >= 0.3 is 5.97 Å². The van der Waals surface area contributed by atoms with Crippen molar-refractivity contribution in [3.63, 3.8) is 0 Å². The van der Waals surface area contributed by atoms with Gasteiger partial charge in [-0.3, -0.25) is 4.79 Å². The standard InChI is InChI=1S/C15H21NO2/c1-12(16)15(10-6-3-7-11-15)14(17)18-13-8-4-2-5-9-13/h2,4-5,8-9,12H,3,6-7,10-11,16H2,1H3. The van der Waals surface area contributed by atoms with Crippen LogP contribution in [0.25, 0.3) is 0 Å². The summed E-state index contributed by atoms with van der Waals surface area (Å²) in [5.41, 5.74) is 5.56. The second kappa shape index (κ2) is 5.53. The van der Waals surface area contributed by atoms with E-state index in [2.05, 4.69) is 0 Å². The normalized spacial score (nSPS) is 20.1. The summed E-state index contributed by atoms with van der Waals surface area (Å²) in [6.07, 6.45) is 5.00. The number of benzene rings is 1. The van der Waals surface area contributed by atoms with Gasteiger partial charge in [-0.15, -0.1) is 0 Å². The van der Waals surface area contributed by atoms with Gasteiger partial charge in [0, 0.05) is 6.04 Å². The molecule has 0 bridgehead atoms. The maximum atomic E-state index is 12.4. The first-order valence-corrected chi connectivity index (χ1v) is 6.68. The first-order valence-electron chi connectivity index (χ1n) is 6.68. The average molecular weight is 247 g/mol. The van der Waals surface area contributed by atoms with Crippen LogP contribution in [0.1, 0.15) is 39.0 Å². The van der Waals surface area contributed by atoms with Crippen LogP contribution in [-0.2, 0) is 4.79 Å². The Morgan fingerprint density at radius 1 is 1.22 bits per heavy atom. The third-order valence-electron chi connectivity index (χ3n) is 3.98. The molecule has 3 heteroatoms. The second-order valence-electron chi connectivity index (χ2n) is 5.21. The zero-order valence-electron chi connectivity index (χ0n) is 10.9. The smallest absolute Gasteiger partial charge is 0.319 e. The number of hydrogen-bond donors (Lipinski definition) is 1. The van der Waals surface area contributed by atoms with Crippen molar-refractivity contribution < 1.29 is 9.53 Å². The van der Waals surface area contributed by atoms with Crippen LogP contribution in [0, 0.1) is 5.41 Å². The summed E-state index contributed by atoms with van der Waals surface area (Å²) in [6, 6.07) is 9.07. The molecule has 1 fully saturated rings. The van der Waals surface area contributed by atoms with Gasteiger partial charge in [0.2, 0.25) is 0 Å². The van der Waals surface area contributed by atoms with Crippen molar-refractivity contribution >= 4 is 5.97 Å². The van der Waals surface area contributed by atoms with Gasteiger partial charge in [0.05, 0.1) is 5.41 Å². The number of esters is 1. The molecule has 1 saturated carbocycles. The molecule has 98 valence electrons. The quantitative estimate of drug-likeness (QED) is 0.660. The largest absolute Gasteiger partial charge is 0.426 e. The van der Waals surface area contributed by atoms with E-state index in [4.69, 9.17) is 10.5 Å². The average Bonchev–Trinajstić information content (AvgIpc) is 2.40. The lowest BCUT2D eigenvalue weighted by atomic mass is 9.70. The third kappa shape index (κ3) is 2.56. The molecule has 1 atom stereocenters. The lowest BCUT2D eigenvalue weighted by Gasteiger charge is -2.37. The maximum absolute atomic E-state index is 12.4. The van der Waals surface area contributed by atoms with E-state index in [1.54, 1.807) is 12.1 Å². The van der Waals surface area contributed by atoms with Crippen molar-refractivity contribution in [2.45, 2.75) is 45.1 Å². The number of rotatable bonds is 3.